The number of halogens is 4. The lowest BCUT2D eigenvalue weighted by molar-refractivity contribution is 0.0168. The van der Waals surface area contributed by atoms with Crippen LogP contribution in [0.4, 0.5) is 17.6 Å². The van der Waals surface area contributed by atoms with Crippen molar-refractivity contribution in [1.82, 2.24) is 16.3 Å². The summed E-state index contributed by atoms with van der Waals surface area (Å²) >= 11 is 5.03. The van der Waals surface area contributed by atoms with E-state index in [1.165, 1.54) is 42.6 Å². The second kappa shape index (κ2) is 9.11. The van der Waals surface area contributed by atoms with E-state index in [0.29, 0.717) is 12.1 Å². The average molecular weight is 412 g/mol. The van der Waals surface area contributed by atoms with Crippen LogP contribution in [0.1, 0.15) is 36.1 Å². The Morgan fingerprint density at radius 1 is 0.929 bits per heavy atom. The van der Waals surface area contributed by atoms with Crippen LogP contribution in [0.2, 0.25) is 0 Å². The highest BCUT2D eigenvalue weighted by Crippen LogP contribution is 2.27. The fourth-order valence-corrected chi connectivity index (χ4v) is 2.32. The van der Waals surface area contributed by atoms with Crippen LogP contribution in [0.15, 0.2) is 53.6 Å². The van der Waals surface area contributed by atoms with Gasteiger partial charge in [-0.25, -0.2) is 23.0 Å². The van der Waals surface area contributed by atoms with E-state index in [-0.39, 0.29) is 16.2 Å². The van der Waals surface area contributed by atoms with Gasteiger partial charge in [0, 0.05) is 31.5 Å². The van der Waals surface area contributed by atoms with Crippen molar-refractivity contribution in [1.29, 1.82) is 0 Å². The Morgan fingerprint density at radius 3 is 1.93 bits per heavy atom. The number of thiocarbonyl (C=S) groups is 1. The summed E-state index contributed by atoms with van der Waals surface area (Å²) in [6.45, 7) is 2.04. The second-order valence-electron chi connectivity index (χ2n) is 6.27. The molecule has 0 saturated carbocycles. The van der Waals surface area contributed by atoms with Crippen molar-refractivity contribution in [2.45, 2.75) is 32.2 Å². The molecule has 0 aromatic heterocycles. The summed E-state index contributed by atoms with van der Waals surface area (Å²) in [5, 5.41) is 4.09. The molecule has 0 heterocycles. The van der Waals surface area contributed by atoms with Crippen molar-refractivity contribution in [2.24, 2.45) is 5.10 Å². The van der Waals surface area contributed by atoms with Crippen LogP contribution in [0.5, 0.6) is 0 Å². The fourth-order valence-electron chi connectivity index (χ4n) is 2.20. The highest BCUT2D eigenvalue weighted by Gasteiger charge is 2.24. The van der Waals surface area contributed by atoms with Crippen LogP contribution in [-0.4, -0.2) is 11.3 Å². The van der Waals surface area contributed by atoms with E-state index < -0.39 is 11.8 Å². The van der Waals surface area contributed by atoms with E-state index in [2.05, 4.69) is 21.4 Å². The van der Waals surface area contributed by atoms with Gasteiger partial charge < -0.3 is 0 Å². The number of hydrogen-bond donors (Lipinski definition) is 3. The lowest BCUT2D eigenvalue weighted by Crippen LogP contribution is -2.41. The van der Waals surface area contributed by atoms with Crippen LogP contribution in [0.3, 0.4) is 0 Å². The third-order valence-corrected chi connectivity index (χ3v) is 3.95. The number of hydrogen-bond acceptors (Lipinski definition) is 3. The van der Waals surface area contributed by atoms with Crippen molar-refractivity contribution >= 4 is 23.5 Å². The summed E-state index contributed by atoms with van der Waals surface area (Å²) in [6, 6.07) is 11.7. The van der Waals surface area contributed by atoms with Crippen LogP contribution in [0.25, 0.3) is 0 Å². The lowest BCUT2D eigenvalue weighted by atomic mass is 10.1. The van der Waals surface area contributed by atoms with E-state index in [4.69, 9.17) is 12.2 Å². The van der Waals surface area contributed by atoms with Crippen molar-refractivity contribution < 1.29 is 17.6 Å². The highest BCUT2D eigenvalue weighted by molar-refractivity contribution is 7.80. The number of nitrogens with one attached hydrogen (secondary N) is 3. The maximum atomic E-state index is 13.2. The smallest absolute Gasteiger partial charge is 0.270 e. The molecule has 150 valence electrons. The summed E-state index contributed by atoms with van der Waals surface area (Å²) in [5.41, 5.74) is 9.40. The number of benzene rings is 2. The Labute approximate surface area is 166 Å². The summed E-state index contributed by atoms with van der Waals surface area (Å²) in [7, 11) is 0. The normalized spacial score (nSPS) is 12.2. The fraction of sp³-hybridized carbons (Fsp3) is 0.263. The van der Waals surface area contributed by atoms with Crippen LogP contribution >= 0.6 is 12.2 Å². The standard InChI is InChI=1S/C19H20F4N4S/c1-18(20,21)15-7-3-13(4-8-15)11-24-26-17(28)27-25-12-14-5-9-16(10-6-14)19(2,22)23/h3-11,25H,12H2,1-2H3,(H2,26,27,28)/b24-11+. The second-order valence-corrected chi connectivity index (χ2v) is 6.68. The SMILES string of the molecule is CC(F)(F)c1ccc(/C=N/NC(=S)NNCc2ccc(C(C)(F)F)cc2)cc1. The van der Waals surface area contributed by atoms with Crippen LogP contribution in [0, 0.1) is 0 Å². The van der Waals surface area contributed by atoms with Gasteiger partial charge in [0.25, 0.3) is 11.8 Å². The highest BCUT2D eigenvalue weighted by atomic mass is 32.1. The molecule has 0 radical (unpaired) electrons. The third kappa shape index (κ3) is 6.90. The molecule has 0 unspecified atom stereocenters. The minimum absolute atomic E-state index is 0.0496. The van der Waals surface area contributed by atoms with Gasteiger partial charge in [0.15, 0.2) is 0 Å². The zero-order chi connectivity index (χ0) is 20.8. The molecule has 28 heavy (non-hydrogen) atoms. The van der Waals surface area contributed by atoms with Crippen molar-refractivity contribution in [3.8, 4) is 0 Å². The van der Waals surface area contributed by atoms with Crippen molar-refractivity contribution in [2.75, 3.05) is 0 Å². The Kier molecular flexibility index (Phi) is 7.09. The molecule has 0 aliphatic carbocycles. The predicted octanol–water partition coefficient (Wildman–Crippen LogP) is 4.41. The quantitative estimate of drug-likeness (QED) is 0.273. The number of hydrazone groups is 1. The van der Waals surface area contributed by atoms with Gasteiger partial charge in [0.2, 0.25) is 5.11 Å². The number of hydrazine groups is 1. The largest absolute Gasteiger partial charge is 0.297 e. The molecule has 2 aromatic carbocycles. The molecule has 9 heteroatoms. The maximum Gasteiger partial charge on any atom is 0.270 e. The first-order chi connectivity index (χ1) is 13.1. The van der Waals surface area contributed by atoms with Gasteiger partial charge >= 0.3 is 0 Å². The van der Waals surface area contributed by atoms with Gasteiger partial charge in [-0.15, -0.1) is 0 Å². The van der Waals surface area contributed by atoms with E-state index in [1.54, 1.807) is 12.1 Å². The van der Waals surface area contributed by atoms with Gasteiger partial charge in [-0.3, -0.25) is 10.9 Å². The summed E-state index contributed by atoms with van der Waals surface area (Å²) in [5.74, 6) is -5.76. The molecule has 0 aliphatic heterocycles. The Bertz CT molecular complexity index is 810. The van der Waals surface area contributed by atoms with Gasteiger partial charge in [-0.1, -0.05) is 48.5 Å². The van der Waals surface area contributed by atoms with E-state index in [1.807, 2.05) is 0 Å². The molecule has 0 spiro atoms. The number of alkyl halides is 4. The van der Waals surface area contributed by atoms with Gasteiger partial charge in [0.05, 0.1) is 6.21 Å². The van der Waals surface area contributed by atoms with E-state index in [9.17, 15) is 17.6 Å². The Balaban J connectivity index is 1.74. The topological polar surface area (TPSA) is 48.5 Å². The zero-order valence-electron chi connectivity index (χ0n) is 15.3. The zero-order valence-corrected chi connectivity index (χ0v) is 16.1. The maximum absolute atomic E-state index is 13.2. The first-order valence-corrected chi connectivity index (χ1v) is 8.74. The number of nitrogens with zero attached hydrogens (tertiary/aromatic N) is 1. The molecule has 2 aromatic rings. The van der Waals surface area contributed by atoms with Crippen LogP contribution in [-0.2, 0) is 18.4 Å². The first kappa shape index (κ1) is 21.8. The molecule has 4 nitrogen and oxygen atoms in total. The minimum Gasteiger partial charge on any atom is -0.297 e. The molecule has 3 N–H and O–H groups in total. The monoisotopic (exact) mass is 412 g/mol. The molecular weight excluding hydrogens is 392 g/mol. The molecule has 0 aliphatic rings. The van der Waals surface area contributed by atoms with E-state index in [0.717, 1.165) is 19.4 Å². The molecule has 0 amide bonds. The molecular formula is C19H20F4N4S. The van der Waals surface area contributed by atoms with Crippen LogP contribution < -0.4 is 16.3 Å². The third-order valence-electron chi connectivity index (χ3n) is 3.75. The lowest BCUT2D eigenvalue weighted by Gasteiger charge is -2.12. The Hall–Kier alpha value is -2.52. The summed E-state index contributed by atoms with van der Waals surface area (Å²) in [4.78, 5) is 0. The first-order valence-electron chi connectivity index (χ1n) is 8.33. The van der Waals surface area contributed by atoms with Crippen molar-refractivity contribution in [3.05, 3.63) is 70.8 Å². The average Bonchev–Trinajstić information content (AvgIpc) is 2.61. The van der Waals surface area contributed by atoms with Gasteiger partial charge in [-0.05, 0) is 23.3 Å². The molecule has 0 atom stereocenters. The minimum atomic E-state index is -2.89. The Morgan fingerprint density at radius 2 is 1.43 bits per heavy atom. The summed E-state index contributed by atoms with van der Waals surface area (Å²) < 4.78 is 52.6. The predicted molar refractivity (Wildman–Crippen MR) is 105 cm³/mol. The number of rotatable bonds is 7. The van der Waals surface area contributed by atoms with Crippen molar-refractivity contribution in [3.63, 3.8) is 0 Å². The molecule has 2 rings (SSSR count). The summed E-state index contributed by atoms with van der Waals surface area (Å²) in [6.07, 6.45) is 1.44. The van der Waals surface area contributed by atoms with E-state index >= 15 is 0 Å². The van der Waals surface area contributed by atoms with Gasteiger partial charge in [-0.2, -0.15) is 5.10 Å². The molecule has 0 bridgehead atoms. The molecule has 0 saturated heterocycles. The van der Waals surface area contributed by atoms with Gasteiger partial charge in [0.1, 0.15) is 0 Å². The molecule has 0 fully saturated rings.